The van der Waals surface area contributed by atoms with Gasteiger partial charge in [0.2, 0.25) is 0 Å². The van der Waals surface area contributed by atoms with E-state index in [1.807, 2.05) is 34.6 Å². The third-order valence-electron chi connectivity index (χ3n) is 3.87. The zero-order valence-electron chi connectivity index (χ0n) is 14.3. The van der Waals surface area contributed by atoms with Gasteiger partial charge in [0.05, 0.1) is 26.4 Å². The van der Waals surface area contributed by atoms with Crippen molar-refractivity contribution in [1.82, 2.24) is 4.90 Å². The lowest BCUT2D eigenvalue weighted by atomic mass is 9.76. The minimum Gasteiger partial charge on any atom is -0.468 e. The molecule has 1 aliphatic rings. The van der Waals surface area contributed by atoms with Gasteiger partial charge in [0.25, 0.3) is 0 Å². The Kier molecular flexibility index (Phi) is 5.81. The predicted octanol–water partition coefficient (Wildman–Crippen LogP) is 1.15. The molecule has 7 nitrogen and oxygen atoms in total. The number of hydrogen-bond donors (Lipinski definition) is 1. The second-order valence-corrected chi connectivity index (χ2v) is 7.09. The Bertz CT molecular complexity index is 417. The van der Waals surface area contributed by atoms with Gasteiger partial charge in [0, 0.05) is 12.0 Å². The van der Waals surface area contributed by atoms with Crippen LogP contribution in [0, 0.1) is 5.41 Å². The van der Waals surface area contributed by atoms with E-state index in [0.717, 1.165) is 0 Å². The molecule has 0 aromatic carbocycles. The molecule has 1 aliphatic heterocycles. The number of esters is 1. The summed E-state index contributed by atoms with van der Waals surface area (Å²) in [5, 5.41) is 0. The quantitative estimate of drug-likeness (QED) is 0.785. The molecule has 22 heavy (non-hydrogen) atoms. The number of rotatable bonds is 3. The number of morpholine rings is 1. The van der Waals surface area contributed by atoms with Gasteiger partial charge in [-0.05, 0) is 20.8 Å². The average molecular weight is 316 g/mol. The first-order chi connectivity index (χ1) is 10.0. The van der Waals surface area contributed by atoms with Crippen LogP contribution in [0.4, 0.5) is 4.79 Å². The summed E-state index contributed by atoms with van der Waals surface area (Å²) in [6.07, 6.45) is -0.425. The lowest BCUT2D eigenvalue weighted by Gasteiger charge is -2.46. The highest BCUT2D eigenvalue weighted by Gasteiger charge is 2.46. The van der Waals surface area contributed by atoms with Gasteiger partial charge in [-0.1, -0.05) is 13.8 Å². The van der Waals surface area contributed by atoms with Gasteiger partial charge in [-0.2, -0.15) is 0 Å². The van der Waals surface area contributed by atoms with Gasteiger partial charge in [0.15, 0.2) is 0 Å². The Hall–Kier alpha value is -1.34. The van der Waals surface area contributed by atoms with Crippen LogP contribution in [-0.2, 0) is 19.0 Å². The number of nitrogens with zero attached hydrogens (tertiary/aromatic N) is 1. The highest BCUT2D eigenvalue weighted by molar-refractivity contribution is 5.77. The summed E-state index contributed by atoms with van der Waals surface area (Å²) in [6, 6.07) is -1.24. The van der Waals surface area contributed by atoms with E-state index < -0.39 is 29.1 Å². The minimum absolute atomic E-state index is 0.303. The third kappa shape index (κ3) is 4.33. The number of carbonyl (C=O) groups is 2. The molecule has 2 atom stereocenters. The second kappa shape index (κ2) is 6.83. The molecule has 2 unspecified atom stereocenters. The smallest absolute Gasteiger partial charge is 0.410 e. The monoisotopic (exact) mass is 316 g/mol. The van der Waals surface area contributed by atoms with E-state index >= 15 is 0 Å². The zero-order valence-corrected chi connectivity index (χ0v) is 14.3. The molecule has 1 saturated heterocycles. The number of ether oxygens (including phenoxy) is 3. The number of nitrogens with two attached hydrogens (primary N) is 1. The highest BCUT2D eigenvalue weighted by Crippen LogP contribution is 2.32. The van der Waals surface area contributed by atoms with Crippen molar-refractivity contribution >= 4 is 12.1 Å². The van der Waals surface area contributed by atoms with Crippen LogP contribution in [0.1, 0.15) is 34.6 Å². The number of amides is 1. The summed E-state index contributed by atoms with van der Waals surface area (Å²) in [6.45, 7) is 10.2. The number of hydrogen-bond acceptors (Lipinski definition) is 6. The normalized spacial score (nSPS) is 21.2. The lowest BCUT2D eigenvalue weighted by molar-refractivity contribution is -0.148. The molecular formula is C15H28N2O5. The molecule has 1 heterocycles. The summed E-state index contributed by atoms with van der Waals surface area (Å²) < 4.78 is 15.7. The van der Waals surface area contributed by atoms with Gasteiger partial charge in [0.1, 0.15) is 11.6 Å². The van der Waals surface area contributed by atoms with Crippen molar-refractivity contribution in [2.75, 3.05) is 26.9 Å². The maximum Gasteiger partial charge on any atom is 0.410 e. The summed E-state index contributed by atoms with van der Waals surface area (Å²) >= 11 is 0. The van der Waals surface area contributed by atoms with Crippen molar-refractivity contribution in [2.24, 2.45) is 11.1 Å². The molecular weight excluding hydrogens is 288 g/mol. The number of carbonyl (C=O) groups excluding carboxylic acids is 2. The Labute approximate surface area is 132 Å². The summed E-state index contributed by atoms with van der Waals surface area (Å²) in [4.78, 5) is 25.8. The van der Waals surface area contributed by atoms with E-state index in [4.69, 9.17) is 19.9 Å². The maximum absolute atomic E-state index is 12.4. The van der Waals surface area contributed by atoms with E-state index in [1.54, 1.807) is 4.90 Å². The molecule has 0 radical (unpaired) electrons. The van der Waals surface area contributed by atoms with Crippen molar-refractivity contribution in [1.29, 1.82) is 0 Å². The number of methoxy groups -OCH3 is 1. The molecule has 128 valence electrons. The first kappa shape index (κ1) is 18.7. The zero-order chi connectivity index (χ0) is 17.1. The van der Waals surface area contributed by atoms with Crippen LogP contribution in [0.3, 0.4) is 0 Å². The highest BCUT2D eigenvalue weighted by atomic mass is 16.6. The molecule has 0 aromatic rings. The largest absolute Gasteiger partial charge is 0.468 e. The summed E-state index contributed by atoms with van der Waals surface area (Å²) in [5.74, 6) is -0.514. The molecule has 0 aromatic heterocycles. The van der Waals surface area contributed by atoms with Gasteiger partial charge < -0.3 is 19.9 Å². The van der Waals surface area contributed by atoms with Crippen molar-refractivity contribution in [3.8, 4) is 0 Å². The van der Waals surface area contributed by atoms with Crippen LogP contribution in [0.2, 0.25) is 0 Å². The molecule has 1 fully saturated rings. The predicted molar refractivity (Wildman–Crippen MR) is 81.3 cm³/mol. The lowest BCUT2D eigenvalue weighted by Crippen LogP contribution is -2.62. The SMILES string of the molecule is COC(=O)C(N)C(C)(C)C1COCCN1C(=O)OC(C)(C)C. The average Bonchev–Trinajstić information content (AvgIpc) is 2.43. The first-order valence-corrected chi connectivity index (χ1v) is 7.41. The molecule has 2 N–H and O–H groups in total. The van der Waals surface area contributed by atoms with Crippen molar-refractivity contribution in [3.63, 3.8) is 0 Å². The fourth-order valence-electron chi connectivity index (χ4n) is 2.40. The van der Waals surface area contributed by atoms with E-state index in [2.05, 4.69) is 0 Å². The van der Waals surface area contributed by atoms with Gasteiger partial charge in [-0.25, -0.2) is 4.79 Å². The van der Waals surface area contributed by atoms with Crippen LogP contribution >= 0.6 is 0 Å². The molecule has 0 saturated carbocycles. The minimum atomic E-state index is -0.867. The maximum atomic E-state index is 12.4. The van der Waals surface area contributed by atoms with Crippen molar-refractivity contribution in [3.05, 3.63) is 0 Å². The summed E-state index contributed by atoms with van der Waals surface area (Å²) in [7, 11) is 1.29. The van der Waals surface area contributed by atoms with Crippen LogP contribution in [0.25, 0.3) is 0 Å². The van der Waals surface area contributed by atoms with Gasteiger partial charge >= 0.3 is 12.1 Å². The molecule has 1 rings (SSSR count). The van der Waals surface area contributed by atoms with E-state index in [9.17, 15) is 9.59 Å². The Morgan fingerprint density at radius 3 is 2.36 bits per heavy atom. The Balaban J connectivity index is 2.97. The van der Waals surface area contributed by atoms with E-state index in [1.165, 1.54) is 7.11 Å². The second-order valence-electron chi connectivity index (χ2n) is 7.09. The molecule has 7 heteroatoms. The molecule has 1 amide bonds. The van der Waals surface area contributed by atoms with E-state index in [0.29, 0.717) is 19.8 Å². The molecule has 0 aliphatic carbocycles. The third-order valence-corrected chi connectivity index (χ3v) is 3.87. The van der Waals surface area contributed by atoms with Crippen molar-refractivity contribution in [2.45, 2.75) is 52.3 Å². The van der Waals surface area contributed by atoms with Crippen molar-refractivity contribution < 1.29 is 23.8 Å². The molecule has 0 bridgehead atoms. The van der Waals surface area contributed by atoms with Crippen LogP contribution in [0.15, 0.2) is 0 Å². The summed E-state index contributed by atoms with van der Waals surface area (Å²) in [5.41, 5.74) is 4.71. The fourth-order valence-corrected chi connectivity index (χ4v) is 2.40. The van der Waals surface area contributed by atoms with E-state index in [-0.39, 0.29) is 6.04 Å². The van der Waals surface area contributed by atoms with Gasteiger partial charge in [-0.3, -0.25) is 9.69 Å². The molecule has 0 spiro atoms. The topological polar surface area (TPSA) is 91.1 Å². The Morgan fingerprint density at radius 1 is 1.27 bits per heavy atom. The standard InChI is InChI=1S/C15H28N2O5/c1-14(2,3)22-13(19)17-7-8-21-9-10(17)15(4,5)11(16)12(18)20-6/h10-11H,7-9,16H2,1-6H3. The van der Waals surface area contributed by atoms with Crippen LogP contribution < -0.4 is 5.73 Å². The fraction of sp³-hybridized carbons (Fsp3) is 0.867. The van der Waals surface area contributed by atoms with Gasteiger partial charge in [-0.15, -0.1) is 0 Å². The Morgan fingerprint density at radius 2 is 1.86 bits per heavy atom. The van der Waals surface area contributed by atoms with Crippen LogP contribution in [-0.4, -0.2) is 61.5 Å². The van der Waals surface area contributed by atoms with Crippen LogP contribution in [0.5, 0.6) is 0 Å². The first-order valence-electron chi connectivity index (χ1n) is 7.41.